The van der Waals surface area contributed by atoms with E-state index in [4.69, 9.17) is 11.6 Å². The molecule has 66 valence electrons. The Hall–Kier alpha value is -1.28. The number of rotatable bonds is 1. The third kappa shape index (κ3) is 1.73. The topological polar surface area (TPSA) is 17.8 Å². The molecule has 0 atom stereocenters. The first-order valence-electron chi connectivity index (χ1n) is 4.01. The molecular weight excluding hydrogens is 184 g/mol. The van der Waals surface area contributed by atoms with Gasteiger partial charge in [-0.1, -0.05) is 23.7 Å². The van der Waals surface area contributed by atoms with E-state index in [1.165, 1.54) is 0 Å². The molecule has 3 heteroatoms. The number of benzene rings is 1. The molecule has 2 aromatic rings. The lowest BCUT2D eigenvalue weighted by Gasteiger charge is -1.96. The van der Waals surface area contributed by atoms with E-state index < -0.39 is 0 Å². The number of aryl methyl sites for hydroxylation is 1. The van der Waals surface area contributed by atoms with Crippen LogP contribution in [0, 0.1) is 0 Å². The van der Waals surface area contributed by atoms with Crippen molar-refractivity contribution in [3.05, 3.63) is 41.6 Å². The second kappa shape index (κ2) is 3.23. The van der Waals surface area contributed by atoms with Gasteiger partial charge in [-0.2, -0.15) is 5.10 Å². The SMILES string of the molecule is Cn1ccc(-c2cccc(Cl)c2)n1. The molecule has 0 saturated carbocycles. The third-order valence-electron chi connectivity index (χ3n) is 1.83. The van der Waals surface area contributed by atoms with E-state index in [0.29, 0.717) is 0 Å². The maximum absolute atomic E-state index is 5.87. The lowest BCUT2D eigenvalue weighted by Crippen LogP contribution is -1.87. The maximum atomic E-state index is 5.87. The predicted molar refractivity (Wildman–Crippen MR) is 53.7 cm³/mol. The Kier molecular flexibility index (Phi) is 2.07. The Morgan fingerprint density at radius 3 is 2.77 bits per heavy atom. The van der Waals surface area contributed by atoms with Crippen molar-refractivity contribution in [2.45, 2.75) is 0 Å². The summed E-state index contributed by atoms with van der Waals surface area (Å²) in [5, 5.41) is 5.02. The summed E-state index contributed by atoms with van der Waals surface area (Å²) in [4.78, 5) is 0. The number of aromatic nitrogens is 2. The highest BCUT2D eigenvalue weighted by Crippen LogP contribution is 2.20. The van der Waals surface area contributed by atoms with Crippen molar-refractivity contribution >= 4 is 11.6 Å². The molecule has 0 bridgehead atoms. The minimum Gasteiger partial charge on any atom is -0.275 e. The van der Waals surface area contributed by atoms with Crippen molar-refractivity contribution in [1.29, 1.82) is 0 Å². The van der Waals surface area contributed by atoms with Gasteiger partial charge in [0, 0.05) is 23.8 Å². The second-order valence-corrected chi connectivity index (χ2v) is 3.32. The van der Waals surface area contributed by atoms with Crippen LogP contribution in [0.5, 0.6) is 0 Å². The molecule has 13 heavy (non-hydrogen) atoms. The maximum Gasteiger partial charge on any atom is 0.0923 e. The summed E-state index contributed by atoms with van der Waals surface area (Å²) in [7, 11) is 1.90. The van der Waals surface area contributed by atoms with Crippen LogP contribution in [0.4, 0.5) is 0 Å². The molecule has 2 nitrogen and oxygen atoms in total. The van der Waals surface area contributed by atoms with Gasteiger partial charge in [0.2, 0.25) is 0 Å². The van der Waals surface area contributed by atoms with Crippen LogP contribution < -0.4 is 0 Å². The van der Waals surface area contributed by atoms with Crippen LogP contribution in [0.3, 0.4) is 0 Å². The predicted octanol–water partition coefficient (Wildman–Crippen LogP) is 2.74. The van der Waals surface area contributed by atoms with Gasteiger partial charge in [0.15, 0.2) is 0 Å². The van der Waals surface area contributed by atoms with Crippen LogP contribution in [0.25, 0.3) is 11.3 Å². The van der Waals surface area contributed by atoms with E-state index >= 15 is 0 Å². The van der Waals surface area contributed by atoms with Crippen LogP contribution in [0.1, 0.15) is 0 Å². The molecule has 0 N–H and O–H groups in total. The first kappa shape index (κ1) is 8.32. The van der Waals surface area contributed by atoms with Gasteiger partial charge in [0.25, 0.3) is 0 Å². The Labute approximate surface area is 81.8 Å². The minimum atomic E-state index is 0.739. The van der Waals surface area contributed by atoms with Gasteiger partial charge in [-0.05, 0) is 18.2 Å². The van der Waals surface area contributed by atoms with Crippen molar-refractivity contribution < 1.29 is 0 Å². The van der Waals surface area contributed by atoms with Crippen LogP contribution in [0.2, 0.25) is 5.02 Å². The molecule has 0 radical (unpaired) electrons. The van der Waals surface area contributed by atoms with Crippen molar-refractivity contribution in [3.63, 3.8) is 0 Å². The number of halogens is 1. The van der Waals surface area contributed by atoms with E-state index in [2.05, 4.69) is 5.10 Å². The van der Waals surface area contributed by atoms with Gasteiger partial charge in [0.05, 0.1) is 5.69 Å². The van der Waals surface area contributed by atoms with Gasteiger partial charge in [-0.15, -0.1) is 0 Å². The number of hydrogen-bond donors (Lipinski definition) is 0. The Morgan fingerprint density at radius 1 is 1.31 bits per heavy atom. The fourth-order valence-corrected chi connectivity index (χ4v) is 1.41. The monoisotopic (exact) mass is 192 g/mol. The molecule has 0 aliphatic heterocycles. The molecule has 0 fully saturated rings. The molecule has 0 aliphatic carbocycles. The molecule has 1 aromatic carbocycles. The zero-order chi connectivity index (χ0) is 9.26. The second-order valence-electron chi connectivity index (χ2n) is 2.88. The van der Waals surface area contributed by atoms with Crippen molar-refractivity contribution in [2.24, 2.45) is 7.05 Å². The lowest BCUT2D eigenvalue weighted by molar-refractivity contribution is 0.771. The molecule has 0 spiro atoms. The molecule has 2 rings (SSSR count). The van der Waals surface area contributed by atoms with E-state index in [1.54, 1.807) is 4.68 Å². The first-order valence-corrected chi connectivity index (χ1v) is 4.39. The molecular formula is C10H9ClN2. The van der Waals surface area contributed by atoms with Gasteiger partial charge in [-0.3, -0.25) is 4.68 Å². The minimum absolute atomic E-state index is 0.739. The molecule has 0 aliphatic rings. The first-order chi connectivity index (χ1) is 6.25. The number of hydrogen-bond acceptors (Lipinski definition) is 1. The Balaban J connectivity index is 2.46. The highest BCUT2D eigenvalue weighted by molar-refractivity contribution is 6.30. The molecule has 0 amide bonds. The van der Waals surface area contributed by atoms with Crippen molar-refractivity contribution in [1.82, 2.24) is 9.78 Å². The summed E-state index contributed by atoms with van der Waals surface area (Å²) in [6.45, 7) is 0. The zero-order valence-electron chi connectivity index (χ0n) is 7.24. The third-order valence-corrected chi connectivity index (χ3v) is 2.07. The Bertz CT molecular complexity index is 420. The van der Waals surface area contributed by atoms with E-state index in [1.807, 2.05) is 43.6 Å². The standard InChI is InChI=1S/C10H9ClN2/c1-13-6-5-10(12-13)8-3-2-4-9(11)7-8/h2-7H,1H3. The van der Waals surface area contributed by atoms with Gasteiger partial charge in [0.1, 0.15) is 0 Å². The highest BCUT2D eigenvalue weighted by Gasteiger charge is 2.00. The van der Waals surface area contributed by atoms with E-state index in [0.717, 1.165) is 16.3 Å². The summed E-state index contributed by atoms with van der Waals surface area (Å²) in [6.07, 6.45) is 1.91. The molecule has 0 saturated heterocycles. The molecule has 0 unspecified atom stereocenters. The average molecular weight is 193 g/mol. The van der Waals surface area contributed by atoms with E-state index in [-0.39, 0.29) is 0 Å². The van der Waals surface area contributed by atoms with Crippen LogP contribution in [-0.4, -0.2) is 9.78 Å². The summed E-state index contributed by atoms with van der Waals surface area (Å²) in [6, 6.07) is 9.64. The summed E-state index contributed by atoms with van der Waals surface area (Å²) < 4.78 is 1.77. The molecule has 1 aromatic heterocycles. The fourth-order valence-electron chi connectivity index (χ4n) is 1.22. The summed E-state index contributed by atoms with van der Waals surface area (Å²) in [5.74, 6) is 0. The largest absolute Gasteiger partial charge is 0.275 e. The fraction of sp³-hybridized carbons (Fsp3) is 0.100. The van der Waals surface area contributed by atoms with Crippen LogP contribution >= 0.6 is 11.6 Å². The van der Waals surface area contributed by atoms with Gasteiger partial charge in [-0.25, -0.2) is 0 Å². The van der Waals surface area contributed by atoms with Gasteiger partial charge < -0.3 is 0 Å². The number of nitrogens with zero attached hydrogens (tertiary/aromatic N) is 2. The van der Waals surface area contributed by atoms with E-state index in [9.17, 15) is 0 Å². The Morgan fingerprint density at radius 2 is 2.15 bits per heavy atom. The van der Waals surface area contributed by atoms with Crippen LogP contribution in [0.15, 0.2) is 36.5 Å². The highest BCUT2D eigenvalue weighted by atomic mass is 35.5. The van der Waals surface area contributed by atoms with Crippen molar-refractivity contribution in [2.75, 3.05) is 0 Å². The van der Waals surface area contributed by atoms with Gasteiger partial charge >= 0.3 is 0 Å². The average Bonchev–Trinajstić information content (AvgIpc) is 2.52. The summed E-state index contributed by atoms with van der Waals surface area (Å²) >= 11 is 5.87. The quantitative estimate of drug-likeness (QED) is 0.680. The van der Waals surface area contributed by atoms with Crippen molar-refractivity contribution in [3.8, 4) is 11.3 Å². The lowest BCUT2D eigenvalue weighted by atomic mass is 10.2. The summed E-state index contributed by atoms with van der Waals surface area (Å²) in [5.41, 5.74) is 2.00. The smallest absolute Gasteiger partial charge is 0.0923 e. The van der Waals surface area contributed by atoms with Crippen LogP contribution in [-0.2, 0) is 7.05 Å². The normalized spacial score (nSPS) is 10.3. The zero-order valence-corrected chi connectivity index (χ0v) is 7.99. The molecule has 1 heterocycles.